The van der Waals surface area contributed by atoms with E-state index in [2.05, 4.69) is 27.9 Å². The summed E-state index contributed by atoms with van der Waals surface area (Å²) in [5.74, 6) is -0.229. The lowest BCUT2D eigenvalue weighted by Crippen LogP contribution is -2.19. The lowest BCUT2D eigenvalue weighted by Gasteiger charge is -2.01. The van der Waals surface area contributed by atoms with Crippen molar-refractivity contribution in [3.8, 4) is 6.07 Å². The number of amides is 1. The maximum absolute atomic E-state index is 11.2. The van der Waals surface area contributed by atoms with Gasteiger partial charge in [-0.15, -0.1) is 0 Å². The summed E-state index contributed by atoms with van der Waals surface area (Å²) in [6.07, 6.45) is 0. The van der Waals surface area contributed by atoms with Crippen LogP contribution in [0.5, 0.6) is 0 Å². The second-order valence-corrected chi connectivity index (χ2v) is 3.63. The zero-order valence-corrected chi connectivity index (χ0v) is 9.12. The minimum Gasteiger partial charge on any atom is -0.355 e. The smallest absolute Gasteiger partial charge is 0.252 e. The van der Waals surface area contributed by atoms with Crippen LogP contribution in [0.2, 0.25) is 0 Å². The van der Waals surface area contributed by atoms with Gasteiger partial charge in [0.05, 0.1) is 17.2 Å². The summed E-state index contributed by atoms with van der Waals surface area (Å²) in [4.78, 5) is 11.2. The summed E-state index contributed by atoms with van der Waals surface area (Å²) in [6, 6.07) is 7.12. The van der Waals surface area contributed by atoms with Crippen LogP contribution in [0.1, 0.15) is 15.9 Å². The maximum atomic E-state index is 11.2. The molecule has 1 aromatic carbocycles. The lowest BCUT2D eigenvalue weighted by atomic mass is 10.1. The normalized spacial score (nSPS) is 9.00. The molecule has 66 valence electrons. The summed E-state index contributed by atoms with van der Waals surface area (Å²) in [5.41, 5.74) is 0.830. The van der Waals surface area contributed by atoms with Crippen molar-refractivity contribution in [3.63, 3.8) is 0 Å². The molecular weight excluding hydrogens is 279 g/mol. The fourth-order valence-corrected chi connectivity index (χ4v) is 1.43. The van der Waals surface area contributed by atoms with E-state index in [0.717, 1.165) is 3.57 Å². The zero-order chi connectivity index (χ0) is 9.84. The van der Waals surface area contributed by atoms with Crippen molar-refractivity contribution in [1.82, 2.24) is 5.32 Å². The van der Waals surface area contributed by atoms with Crippen LogP contribution < -0.4 is 5.32 Å². The summed E-state index contributed by atoms with van der Waals surface area (Å²) >= 11 is 2.10. The minimum absolute atomic E-state index is 0.229. The molecule has 0 heterocycles. The SMILES string of the molecule is CNC(=O)c1ccc(I)cc1C#N. The summed E-state index contributed by atoms with van der Waals surface area (Å²) in [6.45, 7) is 0. The van der Waals surface area contributed by atoms with Gasteiger partial charge in [0.2, 0.25) is 0 Å². The molecule has 1 aromatic rings. The summed E-state index contributed by atoms with van der Waals surface area (Å²) in [7, 11) is 1.54. The highest BCUT2D eigenvalue weighted by atomic mass is 127. The molecule has 0 aliphatic heterocycles. The van der Waals surface area contributed by atoms with Gasteiger partial charge >= 0.3 is 0 Å². The number of rotatable bonds is 1. The monoisotopic (exact) mass is 286 g/mol. The number of benzene rings is 1. The first kappa shape index (κ1) is 9.99. The van der Waals surface area contributed by atoms with Crippen molar-refractivity contribution in [2.75, 3.05) is 7.05 Å². The summed E-state index contributed by atoms with van der Waals surface area (Å²) < 4.78 is 0.946. The molecule has 1 N–H and O–H groups in total. The second kappa shape index (κ2) is 4.23. The third-order valence-corrected chi connectivity index (χ3v) is 2.24. The number of halogens is 1. The van der Waals surface area contributed by atoms with Crippen LogP contribution in [0.15, 0.2) is 18.2 Å². The van der Waals surface area contributed by atoms with Crippen molar-refractivity contribution in [2.24, 2.45) is 0 Å². The Morgan fingerprint density at radius 3 is 2.85 bits per heavy atom. The molecule has 0 unspecified atom stereocenters. The Balaban J connectivity index is 3.23. The molecule has 0 aliphatic carbocycles. The van der Waals surface area contributed by atoms with Crippen LogP contribution in [0.4, 0.5) is 0 Å². The maximum Gasteiger partial charge on any atom is 0.252 e. The Morgan fingerprint density at radius 2 is 2.31 bits per heavy atom. The van der Waals surface area contributed by atoms with Gasteiger partial charge in [0.25, 0.3) is 5.91 Å². The molecule has 0 radical (unpaired) electrons. The molecule has 3 nitrogen and oxygen atoms in total. The topological polar surface area (TPSA) is 52.9 Å². The Labute approximate surface area is 89.9 Å². The molecule has 1 rings (SSSR count). The van der Waals surface area contributed by atoms with E-state index in [1.807, 2.05) is 6.07 Å². The Bertz CT molecular complexity index is 382. The predicted molar refractivity (Wildman–Crippen MR) is 57.3 cm³/mol. The molecule has 0 saturated carbocycles. The first-order valence-electron chi connectivity index (χ1n) is 3.60. The van der Waals surface area contributed by atoms with E-state index in [4.69, 9.17) is 5.26 Å². The number of nitrogens with one attached hydrogen (secondary N) is 1. The Morgan fingerprint density at radius 1 is 1.62 bits per heavy atom. The molecular formula is C9H7IN2O. The number of nitriles is 1. The van der Waals surface area contributed by atoms with Crippen LogP contribution in [-0.2, 0) is 0 Å². The average molecular weight is 286 g/mol. The number of hydrogen-bond donors (Lipinski definition) is 1. The summed E-state index contributed by atoms with van der Waals surface area (Å²) in [5, 5.41) is 11.2. The fraction of sp³-hybridized carbons (Fsp3) is 0.111. The third-order valence-electron chi connectivity index (χ3n) is 1.57. The molecule has 0 bridgehead atoms. The highest BCUT2D eigenvalue weighted by Crippen LogP contribution is 2.12. The van der Waals surface area contributed by atoms with Gasteiger partial charge in [-0.2, -0.15) is 5.26 Å². The standard InChI is InChI=1S/C9H7IN2O/c1-12-9(13)8-3-2-7(10)4-6(8)5-11/h2-4H,1H3,(H,12,13). The molecule has 0 fully saturated rings. The van der Waals surface area contributed by atoms with Crippen LogP contribution in [0.25, 0.3) is 0 Å². The van der Waals surface area contributed by atoms with Gasteiger partial charge in [-0.3, -0.25) is 4.79 Å². The van der Waals surface area contributed by atoms with Gasteiger partial charge in [-0.05, 0) is 40.8 Å². The number of carbonyl (C=O) groups excluding carboxylic acids is 1. The van der Waals surface area contributed by atoms with Crippen LogP contribution in [0, 0.1) is 14.9 Å². The van der Waals surface area contributed by atoms with Crippen molar-refractivity contribution in [2.45, 2.75) is 0 Å². The van der Waals surface area contributed by atoms with Crippen molar-refractivity contribution >= 4 is 28.5 Å². The molecule has 0 atom stereocenters. The van der Waals surface area contributed by atoms with Crippen molar-refractivity contribution < 1.29 is 4.79 Å². The zero-order valence-electron chi connectivity index (χ0n) is 6.97. The average Bonchev–Trinajstić information content (AvgIpc) is 2.16. The van der Waals surface area contributed by atoms with Gasteiger partial charge in [-0.1, -0.05) is 0 Å². The Kier molecular flexibility index (Phi) is 3.25. The van der Waals surface area contributed by atoms with E-state index >= 15 is 0 Å². The van der Waals surface area contributed by atoms with Crippen molar-refractivity contribution in [3.05, 3.63) is 32.9 Å². The van der Waals surface area contributed by atoms with Gasteiger partial charge in [0.15, 0.2) is 0 Å². The number of nitrogens with zero attached hydrogens (tertiary/aromatic N) is 1. The first-order valence-corrected chi connectivity index (χ1v) is 4.68. The number of hydrogen-bond acceptors (Lipinski definition) is 2. The fourth-order valence-electron chi connectivity index (χ4n) is 0.942. The molecule has 4 heteroatoms. The van der Waals surface area contributed by atoms with E-state index < -0.39 is 0 Å². The van der Waals surface area contributed by atoms with E-state index in [1.54, 1.807) is 25.2 Å². The first-order chi connectivity index (χ1) is 6.19. The molecule has 0 spiro atoms. The third kappa shape index (κ3) is 2.18. The van der Waals surface area contributed by atoms with Crippen LogP contribution in [-0.4, -0.2) is 13.0 Å². The molecule has 13 heavy (non-hydrogen) atoms. The van der Waals surface area contributed by atoms with E-state index in [0.29, 0.717) is 11.1 Å². The highest BCUT2D eigenvalue weighted by Gasteiger charge is 2.08. The molecule has 0 saturated heterocycles. The van der Waals surface area contributed by atoms with E-state index in [-0.39, 0.29) is 5.91 Å². The van der Waals surface area contributed by atoms with Crippen molar-refractivity contribution in [1.29, 1.82) is 5.26 Å². The second-order valence-electron chi connectivity index (χ2n) is 2.38. The molecule has 1 amide bonds. The Hall–Kier alpha value is -1.09. The van der Waals surface area contributed by atoms with Gasteiger partial charge in [-0.25, -0.2) is 0 Å². The largest absolute Gasteiger partial charge is 0.355 e. The van der Waals surface area contributed by atoms with Crippen LogP contribution in [0.3, 0.4) is 0 Å². The quantitative estimate of drug-likeness (QED) is 0.796. The van der Waals surface area contributed by atoms with Gasteiger partial charge < -0.3 is 5.32 Å². The molecule has 0 aliphatic rings. The highest BCUT2D eigenvalue weighted by molar-refractivity contribution is 14.1. The molecule has 0 aromatic heterocycles. The minimum atomic E-state index is -0.229. The number of carbonyl (C=O) groups is 1. The van der Waals surface area contributed by atoms with E-state index in [9.17, 15) is 4.79 Å². The lowest BCUT2D eigenvalue weighted by molar-refractivity contribution is 0.0963. The van der Waals surface area contributed by atoms with Gasteiger partial charge in [0.1, 0.15) is 0 Å². The van der Waals surface area contributed by atoms with Crippen LogP contribution >= 0.6 is 22.6 Å². The van der Waals surface area contributed by atoms with Gasteiger partial charge in [0, 0.05) is 10.6 Å². The predicted octanol–water partition coefficient (Wildman–Crippen LogP) is 1.52. The van der Waals surface area contributed by atoms with E-state index in [1.165, 1.54) is 0 Å².